The van der Waals surface area contributed by atoms with Crippen LogP contribution in [0.4, 0.5) is 0 Å². The van der Waals surface area contributed by atoms with Crippen LogP contribution in [-0.2, 0) is 17.9 Å². The fourth-order valence-corrected chi connectivity index (χ4v) is 2.69. The Morgan fingerprint density at radius 1 is 1.22 bits per heavy atom. The highest BCUT2D eigenvalue weighted by Gasteiger charge is 2.07. The first kappa shape index (κ1) is 15.4. The number of carbonyl (C=O) groups excluding carboxylic acids is 1. The molecule has 3 aromatic rings. The second-order valence-corrected chi connectivity index (χ2v) is 5.98. The van der Waals surface area contributed by atoms with Crippen LogP contribution in [0.15, 0.2) is 64.1 Å². The van der Waals surface area contributed by atoms with Gasteiger partial charge in [0.05, 0.1) is 17.8 Å². The van der Waals surface area contributed by atoms with E-state index in [1.807, 2.05) is 30.3 Å². The third-order valence-corrected chi connectivity index (χ3v) is 3.94. The van der Waals surface area contributed by atoms with E-state index in [0.717, 1.165) is 15.7 Å². The van der Waals surface area contributed by atoms with Crippen LogP contribution in [0.2, 0.25) is 0 Å². The van der Waals surface area contributed by atoms with Gasteiger partial charge < -0.3 is 9.88 Å². The molecule has 0 unspecified atom stereocenters. The summed E-state index contributed by atoms with van der Waals surface area (Å²) in [6.45, 7) is 0.522. The molecule has 1 N–H and O–H groups in total. The predicted molar refractivity (Wildman–Crippen MR) is 92.0 cm³/mol. The highest BCUT2D eigenvalue weighted by Crippen LogP contribution is 2.16. The monoisotopic (exact) mass is 371 g/mol. The Labute approximate surface area is 141 Å². The van der Waals surface area contributed by atoms with E-state index >= 15 is 0 Å². The number of nitrogens with one attached hydrogen (secondary N) is 1. The minimum absolute atomic E-state index is 0.0635. The molecule has 0 fully saturated rings. The molecule has 0 saturated heterocycles. The van der Waals surface area contributed by atoms with Gasteiger partial charge >= 0.3 is 0 Å². The highest BCUT2D eigenvalue weighted by atomic mass is 79.9. The summed E-state index contributed by atoms with van der Waals surface area (Å²) < 4.78 is 2.59. The largest absolute Gasteiger partial charge is 0.349 e. The number of pyridine rings is 2. The number of fused-ring (bicyclic) bond motifs is 1. The summed E-state index contributed by atoms with van der Waals surface area (Å²) >= 11 is 3.36. The molecule has 23 heavy (non-hydrogen) atoms. The Kier molecular flexibility index (Phi) is 4.52. The van der Waals surface area contributed by atoms with Crippen molar-refractivity contribution in [2.24, 2.45) is 0 Å². The summed E-state index contributed by atoms with van der Waals surface area (Å²) in [4.78, 5) is 28.2. The lowest BCUT2D eigenvalue weighted by Crippen LogP contribution is -2.28. The summed E-state index contributed by atoms with van der Waals surface area (Å²) in [6, 6.07) is 12.5. The third-order valence-electron chi connectivity index (χ3n) is 3.45. The van der Waals surface area contributed by atoms with Crippen LogP contribution < -0.4 is 10.7 Å². The molecule has 0 aliphatic rings. The van der Waals surface area contributed by atoms with Crippen molar-refractivity contribution in [1.29, 1.82) is 0 Å². The molecule has 0 saturated carbocycles. The molecule has 3 rings (SSSR count). The topological polar surface area (TPSA) is 64.0 Å². The maximum absolute atomic E-state index is 12.1. The van der Waals surface area contributed by atoms with Gasteiger partial charge in [-0.15, -0.1) is 0 Å². The number of rotatable bonds is 4. The second-order valence-electron chi connectivity index (χ2n) is 5.07. The van der Waals surface area contributed by atoms with Gasteiger partial charge in [0.1, 0.15) is 6.54 Å². The van der Waals surface area contributed by atoms with E-state index < -0.39 is 0 Å². The lowest BCUT2D eigenvalue weighted by atomic mass is 10.2. The summed E-state index contributed by atoms with van der Waals surface area (Å²) in [6.07, 6.45) is 3.33. The van der Waals surface area contributed by atoms with Crippen molar-refractivity contribution < 1.29 is 4.79 Å². The van der Waals surface area contributed by atoms with Crippen LogP contribution >= 0.6 is 15.9 Å². The minimum atomic E-state index is -0.136. The highest BCUT2D eigenvalue weighted by molar-refractivity contribution is 9.10. The first-order valence-corrected chi connectivity index (χ1v) is 7.88. The predicted octanol–water partition coefficient (Wildman–Crippen LogP) is 2.48. The first-order valence-electron chi connectivity index (χ1n) is 7.09. The van der Waals surface area contributed by atoms with Crippen molar-refractivity contribution in [3.8, 4) is 0 Å². The average molecular weight is 372 g/mol. The molecule has 0 radical (unpaired) electrons. The van der Waals surface area contributed by atoms with E-state index in [2.05, 4.69) is 26.2 Å². The van der Waals surface area contributed by atoms with Crippen molar-refractivity contribution in [2.45, 2.75) is 13.1 Å². The number of aromatic nitrogens is 2. The van der Waals surface area contributed by atoms with Gasteiger partial charge in [0.15, 0.2) is 5.43 Å². The van der Waals surface area contributed by atoms with E-state index in [-0.39, 0.29) is 17.9 Å². The summed E-state index contributed by atoms with van der Waals surface area (Å²) in [5, 5.41) is 3.41. The van der Waals surface area contributed by atoms with Crippen molar-refractivity contribution in [2.75, 3.05) is 0 Å². The lowest BCUT2D eigenvalue weighted by molar-refractivity contribution is -0.121. The van der Waals surface area contributed by atoms with Gasteiger partial charge in [-0.05, 0) is 30.3 Å². The Balaban J connectivity index is 1.77. The molecule has 1 aromatic carbocycles. The molecule has 2 heterocycles. The Bertz CT molecular complexity index is 907. The minimum Gasteiger partial charge on any atom is -0.349 e. The Hall–Kier alpha value is -2.47. The number of benzene rings is 1. The number of nitrogens with zero attached hydrogens (tertiary/aromatic N) is 2. The molecule has 2 aromatic heterocycles. The van der Waals surface area contributed by atoms with Gasteiger partial charge in [0.2, 0.25) is 5.91 Å². The SMILES string of the molecule is O=C(Cn1ccc(=O)c2cc(Br)ccc21)NCc1ccccn1. The zero-order valence-corrected chi connectivity index (χ0v) is 13.8. The molecule has 0 spiro atoms. The Morgan fingerprint density at radius 3 is 2.87 bits per heavy atom. The molecular weight excluding hydrogens is 358 g/mol. The maximum atomic E-state index is 12.1. The van der Waals surface area contributed by atoms with Gasteiger partial charge in [0.25, 0.3) is 0 Å². The van der Waals surface area contributed by atoms with E-state index in [1.54, 1.807) is 23.0 Å². The molecule has 116 valence electrons. The van der Waals surface area contributed by atoms with Crippen molar-refractivity contribution in [3.05, 3.63) is 75.2 Å². The Morgan fingerprint density at radius 2 is 2.09 bits per heavy atom. The zero-order chi connectivity index (χ0) is 16.2. The van der Waals surface area contributed by atoms with Gasteiger partial charge in [-0.1, -0.05) is 22.0 Å². The molecule has 0 aliphatic carbocycles. The molecule has 0 aliphatic heterocycles. The average Bonchev–Trinajstić information content (AvgIpc) is 2.57. The molecule has 0 atom stereocenters. The third kappa shape index (κ3) is 3.65. The summed E-state index contributed by atoms with van der Waals surface area (Å²) in [7, 11) is 0. The van der Waals surface area contributed by atoms with E-state index in [4.69, 9.17) is 0 Å². The molecular formula is C17H14BrN3O2. The molecule has 0 bridgehead atoms. The fraction of sp³-hybridized carbons (Fsp3) is 0.118. The van der Waals surface area contributed by atoms with E-state index in [9.17, 15) is 9.59 Å². The van der Waals surface area contributed by atoms with Crippen LogP contribution in [0, 0.1) is 0 Å². The maximum Gasteiger partial charge on any atom is 0.240 e. The molecule has 1 amide bonds. The normalized spacial score (nSPS) is 10.7. The van der Waals surface area contributed by atoms with Crippen LogP contribution in [0.25, 0.3) is 10.9 Å². The summed E-state index contributed by atoms with van der Waals surface area (Å²) in [5.74, 6) is -0.136. The molecule has 5 nitrogen and oxygen atoms in total. The van der Waals surface area contributed by atoms with Gasteiger partial charge in [-0.3, -0.25) is 14.6 Å². The quantitative estimate of drug-likeness (QED) is 0.765. The van der Waals surface area contributed by atoms with Crippen LogP contribution in [0.1, 0.15) is 5.69 Å². The second kappa shape index (κ2) is 6.75. The lowest BCUT2D eigenvalue weighted by Gasteiger charge is -2.11. The molecule has 6 heteroatoms. The number of carbonyl (C=O) groups is 1. The van der Waals surface area contributed by atoms with E-state index in [1.165, 1.54) is 6.07 Å². The van der Waals surface area contributed by atoms with Gasteiger partial charge in [0, 0.05) is 28.3 Å². The summed E-state index contributed by atoms with van der Waals surface area (Å²) in [5.41, 5.74) is 1.47. The smallest absolute Gasteiger partial charge is 0.240 e. The van der Waals surface area contributed by atoms with Crippen LogP contribution in [0.5, 0.6) is 0 Å². The number of amides is 1. The van der Waals surface area contributed by atoms with Crippen LogP contribution in [-0.4, -0.2) is 15.5 Å². The fourth-order valence-electron chi connectivity index (χ4n) is 2.32. The van der Waals surface area contributed by atoms with Gasteiger partial charge in [-0.2, -0.15) is 0 Å². The van der Waals surface area contributed by atoms with Crippen molar-refractivity contribution in [3.63, 3.8) is 0 Å². The zero-order valence-electron chi connectivity index (χ0n) is 12.2. The van der Waals surface area contributed by atoms with Crippen molar-refractivity contribution in [1.82, 2.24) is 14.9 Å². The number of hydrogen-bond acceptors (Lipinski definition) is 3. The number of hydrogen-bond donors (Lipinski definition) is 1. The first-order chi connectivity index (χ1) is 11.1. The number of halogens is 1. The van der Waals surface area contributed by atoms with E-state index in [0.29, 0.717) is 11.9 Å². The van der Waals surface area contributed by atoms with Crippen molar-refractivity contribution >= 4 is 32.7 Å². The standard InChI is InChI=1S/C17H14BrN3O2/c18-12-4-5-15-14(9-12)16(22)6-8-21(15)11-17(23)20-10-13-3-1-2-7-19-13/h1-9H,10-11H2,(H,20,23). The van der Waals surface area contributed by atoms with Crippen LogP contribution in [0.3, 0.4) is 0 Å². The van der Waals surface area contributed by atoms with Gasteiger partial charge in [-0.25, -0.2) is 0 Å².